The molecule has 4 aromatic rings. The maximum Gasteiger partial charge on any atom is 0.410 e. The van der Waals surface area contributed by atoms with Gasteiger partial charge >= 0.3 is 35.9 Å². The summed E-state index contributed by atoms with van der Waals surface area (Å²) in [5.41, 5.74) is -0.407. The van der Waals surface area contributed by atoms with Crippen LogP contribution in [0.3, 0.4) is 0 Å². The first-order valence-electron chi connectivity index (χ1n) is 19.9. The van der Waals surface area contributed by atoms with Gasteiger partial charge in [-0.25, -0.2) is 24.0 Å². The van der Waals surface area contributed by atoms with E-state index < -0.39 is 97.7 Å². The van der Waals surface area contributed by atoms with E-state index in [1.165, 1.54) is 48.5 Å². The third-order valence-electron chi connectivity index (χ3n) is 9.03. The van der Waals surface area contributed by atoms with Gasteiger partial charge in [0.1, 0.15) is 24.9 Å². The van der Waals surface area contributed by atoms with Crippen LogP contribution in [0.2, 0.25) is 0 Å². The molecular formula is C46H48N2O15. The number of carbonyl (C=O) groups is 7. The average molecular weight is 869 g/mol. The van der Waals surface area contributed by atoms with Crippen LogP contribution in [0.15, 0.2) is 121 Å². The highest BCUT2D eigenvalue weighted by Crippen LogP contribution is 2.32. The van der Waals surface area contributed by atoms with Crippen LogP contribution in [-0.2, 0) is 42.7 Å². The lowest BCUT2D eigenvalue weighted by Crippen LogP contribution is -2.63. The van der Waals surface area contributed by atoms with E-state index in [9.17, 15) is 38.7 Å². The second-order valence-corrected chi connectivity index (χ2v) is 15.0. The van der Waals surface area contributed by atoms with Gasteiger partial charge in [0, 0.05) is 13.1 Å². The van der Waals surface area contributed by atoms with Crippen molar-refractivity contribution in [2.24, 2.45) is 0 Å². The van der Waals surface area contributed by atoms with Crippen LogP contribution in [0.5, 0.6) is 0 Å². The van der Waals surface area contributed by atoms with Gasteiger partial charge in [0.25, 0.3) is 0 Å². The lowest BCUT2D eigenvalue weighted by molar-refractivity contribution is -0.297. The van der Waals surface area contributed by atoms with Gasteiger partial charge in [-0.3, -0.25) is 14.5 Å². The minimum atomic E-state index is -1.66. The third-order valence-corrected chi connectivity index (χ3v) is 9.03. The van der Waals surface area contributed by atoms with E-state index in [1.807, 2.05) is 0 Å². The van der Waals surface area contributed by atoms with Crippen molar-refractivity contribution in [1.29, 1.82) is 0 Å². The van der Waals surface area contributed by atoms with Crippen LogP contribution in [0, 0.1) is 0 Å². The number of esters is 4. The van der Waals surface area contributed by atoms with Crippen molar-refractivity contribution in [2.45, 2.75) is 63.5 Å². The maximum absolute atomic E-state index is 13.8. The van der Waals surface area contributed by atoms with Crippen molar-refractivity contribution in [3.05, 3.63) is 144 Å². The molecule has 0 bridgehead atoms. The number of rotatable bonds is 18. The molecule has 1 saturated heterocycles. The molecule has 5 rings (SSSR count). The molecule has 4 aromatic carbocycles. The molecule has 2 N–H and O–H groups in total. The van der Waals surface area contributed by atoms with Gasteiger partial charge in [-0.1, -0.05) is 72.8 Å². The topological polar surface area (TPSA) is 220 Å². The summed E-state index contributed by atoms with van der Waals surface area (Å²) in [5.74, 6) is -5.30. The van der Waals surface area contributed by atoms with Crippen molar-refractivity contribution < 1.29 is 71.8 Å². The third kappa shape index (κ3) is 14.5. The Hall–Kier alpha value is -7.11. The summed E-state index contributed by atoms with van der Waals surface area (Å²) in [4.78, 5) is 92.5. The Balaban J connectivity index is 1.45. The number of nitrogens with zero attached hydrogens (tertiary/aromatic N) is 1. The Kier molecular flexibility index (Phi) is 16.9. The Morgan fingerprint density at radius 1 is 0.635 bits per heavy atom. The molecule has 0 unspecified atom stereocenters. The predicted molar refractivity (Wildman–Crippen MR) is 221 cm³/mol. The van der Waals surface area contributed by atoms with Gasteiger partial charge in [-0.05, 0) is 69.3 Å². The van der Waals surface area contributed by atoms with E-state index in [4.69, 9.17) is 33.2 Å². The number of ether oxygens (including phenoxy) is 7. The number of carboxylic acids is 1. The average Bonchev–Trinajstić information content (AvgIpc) is 3.27. The first kappa shape index (κ1) is 46.9. The summed E-state index contributed by atoms with van der Waals surface area (Å²) in [6, 6.07) is 31.7. The van der Waals surface area contributed by atoms with Crippen LogP contribution in [0.1, 0.15) is 68.6 Å². The number of benzene rings is 4. The predicted octanol–water partition coefficient (Wildman–Crippen LogP) is 5.09. The Bertz CT molecular complexity index is 2170. The minimum absolute atomic E-state index is 0.0984. The Labute approximate surface area is 363 Å². The molecule has 0 aromatic heterocycles. The van der Waals surface area contributed by atoms with E-state index in [-0.39, 0.29) is 42.0 Å². The number of nitrogens with one attached hydrogen (secondary N) is 1. The summed E-state index contributed by atoms with van der Waals surface area (Å²) in [6.07, 6.45) is -9.29. The number of hydrogen-bond donors (Lipinski definition) is 2. The smallest absolute Gasteiger partial charge is 0.410 e. The molecule has 17 heteroatoms. The highest BCUT2D eigenvalue weighted by Gasteiger charge is 2.53. The molecule has 332 valence electrons. The van der Waals surface area contributed by atoms with Gasteiger partial charge in [0.15, 0.2) is 24.6 Å². The van der Waals surface area contributed by atoms with Gasteiger partial charge in [-0.15, -0.1) is 0 Å². The minimum Gasteiger partial charge on any atom is -0.481 e. The number of carbonyl (C=O) groups excluding carboxylic acids is 6. The lowest BCUT2D eigenvalue weighted by Gasteiger charge is -2.44. The molecule has 0 spiro atoms. The Morgan fingerprint density at radius 3 is 1.54 bits per heavy atom. The van der Waals surface area contributed by atoms with Crippen molar-refractivity contribution in [3.63, 3.8) is 0 Å². The molecule has 1 aliphatic rings. The van der Waals surface area contributed by atoms with Crippen LogP contribution < -0.4 is 5.32 Å². The second kappa shape index (κ2) is 22.7. The van der Waals surface area contributed by atoms with Crippen molar-refractivity contribution in [1.82, 2.24) is 10.2 Å². The number of aliphatic carboxylic acids is 1. The van der Waals surface area contributed by atoms with E-state index in [0.717, 1.165) is 4.90 Å². The van der Waals surface area contributed by atoms with E-state index in [1.54, 1.807) is 93.6 Å². The maximum atomic E-state index is 13.8. The first-order valence-corrected chi connectivity index (χ1v) is 19.9. The fraction of sp³-hybridized carbons (Fsp3) is 0.326. The molecule has 0 aliphatic carbocycles. The second-order valence-electron chi connectivity index (χ2n) is 15.0. The first-order chi connectivity index (χ1) is 30.2. The highest BCUT2D eigenvalue weighted by molar-refractivity contribution is 5.91. The van der Waals surface area contributed by atoms with Crippen molar-refractivity contribution in [3.8, 4) is 0 Å². The normalized spacial score (nSPS) is 18.2. The lowest BCUT2D eigenvalue weighted by atomic mass is 9.97. The van der Waals surface area contributed by atoms with E-state index in [2.05, 4.69) is 5.32 Å². The van der Waals surface area contributed by atoms with Gasteiger partial charge in [-0.2, -0.15) is 0 Å². The molecule has 1 heterocycles. The van der Waals surface area contributed by atoms with Gasteiger partial charge in [0.05, 0.1) is 35.3 Å². The highest BCUT2D eigenvalue weighted by atomic mass is 16.7. The SMILES string of the molecule is CC(C)(C)OC(=O)N(CCC(=O)O)CC(=O)NCCO[C@@H]1O[C@H](COC(=O)c2ccccc2)[C@H](OC(=O)c2ccccc2)[C@H](OC(=O)c2ccccc2)[C@H]1OC(=O)c1ccccc1. The van der Waals surface area contributed by atoms with E-state index in [0.29, 0.717) is 0 Å². The van der Waals surface area contributed by atoms with Crippen molar-refractivity contribution in [2.75, 3.05) is 32.8 Å². The van der Waals surface area contributed by atoms with E-state index >= 15 is 0 Å². The molecule has 0 radical (unpaired) electrons. The van der Waals surface area contributed by atoms with Crippen molar-refractivity contribution >= 4 is 41.8 Å². The molecule has 17 nitrogen and oxygen atoms in total. The van der Waals surface area contributed by atoms with Crippen LogP contribution in [-0.4, -0.2) is 121 Å². The summed E-state index contributed by atoms with van der Waals surface area (Å²) >= 11 is 0. The summed E-state index contributed by atoms with van der Waals surface area (Å²) in [7, 11) is 0. The monoisotopic (exact) mass is 868 g/mol. The molecule has 1 aliphatic heterocycles. The van der Waals surface area contributed by atoms with Crippen LogP contribution >= 0.6 is 0 Å². The summed E-state index contributed by atoms with van der Waals surface area (Å²) < 4.78 is 41.4. The number of amides is 2. The summed E-state index contributed by atoms with van der Waals surface area (Å²) in [5, 5.41) is 11.8. The fourth-order valence-corrected chi connectivity index (χ4v) is 6.05. The van der Waals surface area contributed by atoms with Gasteiger partial charge < -0.3 is 43.6 Å². The fourth-order valence-electron chi connectivity index (χ4n) is 6.05. The zero-order valence-corrected chi connectivity index (χ0v) is 34.8. The largest absolute Gasteiger partial charge is 0.481 e. The zero-order valence-electron chi connectivity index (χ0n) is 34.8. The molecule has 63 heavy (non-hydrogen) atoms. The standard InChI is InChI=1S/C46H48N2O15/c1-46(2,3)63-45(56)48(26-24-36(50)51)28-35(49)47-25-27-57-44-39(62-43(55)33-22-14-7-15-23-33)38(61-42(54)32-20-12-6-13-21-32)37(60-41(53)31-18-10-5-11-19-31)34(59-44)29-58-40(52)30-16-8-4-9-17-30/h4-23,34,37-39,44H,24-29H2,1-3H3,(H,47,49)(H,50,51)/t34-,37+,38+,39-,44-/m1/s1. The molecule has 2 amide bonds. The quantitative estimate of drug-likeness (QED) is 0.0756. The zero-order chi connectivity index (χ0) is 45.4. The molecule has 5 atom stereocenters. The van der Waals surface area contributed by atoms with Crippen LogP contribution in [0.4, 0.5) is 4.79 Å². The van der Waals surface area contributed by atoms with Crippen LogP contribution in [0.25, 0.3) is 0 Å². The number of carboxylic acid groups (broad SMARTS) is 1. The summed E-state index contributed by atoms with van der Waals surface area (Å²) in [6.45, 7) is 2.85. The number of hydrogen-bond acceptors (Lipinski definition) is 14. The van der Waals surface area contributed by atoms with Gasteiger partial charge in [0.2, 0.25) is 5.91 Å². The molecule has 0 saturated carbocycles. The Morgan fingerprint density at radius 2 is 1.08 bits per heavy atom. The molecular weight excluding hydrogens is 821 g/mol. The molecule has 1 fully saturated rings.